The molecule has 2 heterocycles. The number of furan rings is 1. The molecule has 0 radical (unpaired) electrons. The Balaban J connectivity index is 2.04. The van der Waals surface area contributed by atoms with E-state index in [4.69, 9.17) is 4.42 Å². The number of hydrazone groups is 1. The molecule has 2 atom stereocenters. The van der Waals surface area contributed by atoms with E-state index < -0.39 is 0 Å². The molecule has 16 heavy (non-hydrogen) atoms. The highest BCUT2D eigenvalue weighted by Crippen LogP contribution is 2.22. The largest absolute Gasteiger partial charge is 0.460 e. The molecule has 1 fully saturated rings. The average Bonchev–Trinajstić information content (AvgIpc) is 2.63. The van der Waals surface area contributed by atoms with Gasteiger partial charge in [-0.1, -0.05) is 0 Å². The molecule has 1 aromatic rings. The van der Waals surface area contributed by atoms with Gasteiger partial charge in [0.25, 0.3) is 0 Å². The monoisotopic (exact) mass is 220 g/mol. The van der Waals surface area contributed by atoms with Crippen LogP contribution in [0.4, 0.5) is 0 Å². The summed E-state index contributed by atoms with van der Waals surface area (Å²) < 4.78 is 5.47. The van der Waals surface area contributed by atoms with Gasteiger partial charge in [-0.25, -0.2) is 0 Å². The van der Waals surface area contributed by atoms with Crippen molar-refractivity contribution in [3.63, 3.8) is 0 Å². The van der Waals surface area contributed by atoms with Gasteiger partial charge in [-0.3, -0.25) is 5.01 Å². The van der Waals surface area contributed by atoms with Gasteiger partial charge in [0, 0.05) is 12.1 Å². The zero-order valence-electron chi connectivity index (χ0n) is 10.3. The lowest BCUT2D eigenvalue weighted by Gasteiger charge is -2.36. The Labute approximate surface area is 97.1 Å². The third-order valence-electron chi connectivity index (χ3n) is 3.23. The van der Waals surface area contributed by atoms with Crippen molar-refractivity contribution in [3.8, 4) is 0 Å². The summed E-state index contributed by atoms with van der Waals surface area (Å²) in [6, 6.07) is 5.00. The summed E-state index contributed by atoms with van der Waals surface area (Å²) in [6.07, 6.45) is 5.61. The topological polar surface area (TPSA) is 28.7 Å². The molecule has 0 aromatic carbocycles. The number of nitrogens with zero attached hydrogens (tertiary/aromatic N) is 2. The average molecular weight is 220 g/mol. The van der Waals surface area contributed by atoms with Crippen LogP contribution in [0.1, 0.15) is 44.6 Å². The molecule has 2 unspecified atom stereocenters. The van der Waals surface area contributed by atoms with E-state index in [1.165, 1.54) is 19.3 Å². The van der Waals surface area contributed by atoms with Gasteiger partial charge in [0.05, 0.1) is 6.21 Å². The maximum absolute atomic E-state index is 5.47. The fourth-order valence-corrected chi connectivity index (χ4v) is 2.28. The molecule has 0 aliphatic carbocycles. The molecule has 1 saturated heterocycles. The molecule has 0 saturated carbocycles. The van der Waals surface area contributed by atoms with Gasteiger partial charge in [0.15, 0.2) is 0 Å². The maximum atomic E-state index is 5.47. The highest BCUT2D eigenvalue weighted by molar-refractivity contribution is 5.75. The molecule has 1 aliphatic rings. The first-order chi connectivity index (χ1) is 7.66. The summed E-state index contributed by atoms with van der Waals surface area (Å²) in [5.74, 6) is 1.77. The SMILES string of the molecule is Cc1ccc(/C=N/N2C(C)CCCC2C)o1. The highest BCUT2D eigenvalue weighted by atomic mass is 16.3. The van der Waals surface area contributed by atoms with Gasteiger partial charge < -0.3 is 4.42 Å². The van der Waals surface area contributed by atoms with Crippen LogP contribution in [-0.2, 0) is 0 Å². The van der Waals surface area contributed by atoms with Crippen LogP contribution >= 0.6 is 0 Å². The fraction of sp³-hybridized carbons (Fsp3) is 0.615. The Morgan fingerprint density at radius 3 is 2.56 bits per heavy atom. The summed E-state index contributed by atoms with van der Waals surface area (Å²) in [5.41, 5.74) is 0. The van der Waals surface area contributed by atoms with E-state index in [9.17, 15) is 0 Å². The van der Waals surface area contributed by atoms with Crippen molar-refractivity contribution in [3.05, 3.63) is 23.7 Å². The summed E-state index contributed by atoms with van der Waals surface area (Å²) in [4.78, 5) is 0. The molecule has 88 valence electrons. The van der Waals surface area contributed by atoms with E-state index in [0.29, 0.717) is 12.1 Å². The predicted molar refractivity (Wildman–Crippen MR) is 65.7 cm³/mol. The molecule has 1 aliphatic heterocycles. The van der Waals surface area contributed by atoms with Crippen LogP contribution in [0.5, 0.6) is 0 Å². The van der Waals surface area contributed by atoms with Crippen molar-refractivity contribution in [1.29, 1.82) is 0 Å². The maximum Gasteiger partial charge on any atom is 0.147 e. The second-order valence-electron chi connectivity index (χ2n) is 4.70. The van der Waals surface area contributed by atoms with Crippen LogP contribution < -0.4 is 0 Å². The highest BCUT2D eigenvalue weighted by Gasteiger charge is 2.22. The molecule has 2 rings (SSSR count). The van der Waals surface area contributed by atoms with E-state index in [0.717, 1.165) is 11.5 Å². The van der Waals surface area contributed by atoms with E-state index in [2.05, 4.69) is 24.0 Å². The second-order valence-corrected chi connectivity index (χ2v) is 4.70. The lowest BCUT2D eigenvalue weighted by atomic mass is 10.00. The van der Waals surface area contributed by atoms with Crippen LogP contribution in [0.2, 0.25) is 0 Å². The van der Waals surface area contributed by atoms with E-state index >= 15 is 0 Å². The number of hydrogen-bond donors (Lipinski definition) is 0. The van der Waals surface area contributed by atoms with Crippen molar-refractivity contribution in [1.82, 2.24) is 5.01 Å². The molecule has 0 amide bonds. The Bertz CT molecular complexity index is 360. The zero-order chi connectivity index (χ0) is 11.5. The third-order valence-corrected chi connectivity index (χ3v) is 3.23. The molecule has 3 heteroatoms. The molecule has 0 bridgehead atoms. The Kier molecular flexibility index (Phi) is 3.32. The minimum atomic E-state index is 0.538. The second kappa shape index (κ2) is 4.73. The quantitative estimate of drug-likeness (QED) is 0.716. The van der Waals surface area contributed by atoms with Crippen LogP contribution in [0.3, 0.4) is 0 Å². The summed E-state index contributed by atoms with van der Waals surface area (Å²) in [5, 5.41) is 6.74. The third kappa shape index (κ3) is 2.46. The molecular formula is C13H20N2O. The minimum Gasteiger partial charge on any atom is -0.460 e. The van der Waals surface area contributed by atoms with Gasteiger partial charge in [-0.05, 0) is 52.2 Å². The Hall–Kier alpha value is -1.25. The van der Waals surface area contributed by atoms with Gasteiger partial charge in [-0.2, -0.15) is 5.10 Å². The van der Waals surface area contributed by atoms with Gasteiger partial charge in [0.2, 0.25) is 0 Å². The zero-order valence-corrected chi connectivity index (χ0v) is 10.3. The van der Waals surface area contributed by atoms with Gasteiger partial charge in [0.1, 0.15) is 11.5 Å². The smallest absolute Gasteiger partial charge is 0.147 e. The molecular weight excluding hydrogens is 200 g/mol. The van der Waals surface area contributed by atoms with Crippen molar-refractivity contribution < 1.29 is 4.42 Å². The fourth-order valence-electron chi connectivity index (χ4n) is 2.28. The Morgan fingerprint density at radius 2 is 2.00 bits per heavy atom. The minimum absolute atomic E-state index is 0.538. The van der Waals surface area contributed by atoms with E-state index in [1.54, 1.807) is 0 Å². The first-order valence-electron chi connectivity index (χ1n) is 6.05. The van der Waals surface area contributed by atoms with Crippen LogP contribution in [0, 0.1) is 6.92 Å². The molecule has 0 spiro atoms. The predicted octanol–water partition coefficient (Wildman–Crippen LogP) is 3.18. The van der Waals surface area contributed by atoms with Crippen LogP contribution in [-0.4, -0.2) is 23.3 Å². The van der Waals surface area contributed by atoms with E-state index in [1.807, 2.05) is 25.3 Å². The van der Waals surface area contributed by atoms with Gasteiger partial charge in [-0.15, -0.1) is 0 Å². The summed E-state index contributed by atoms with van der Waals surface area (Å²) in [6.45, 7) is 6.42. The number of rotatable bonds is 2. The van der Waals surface area contributed by atoms with E-state index in [-0.39, 0.29) is 0 Å². The first kappa shape index (κ1) is 11.2. The number of hydrogen-bond acceptors (Lipinski definition) is 3. The summed E-state index contributed by atoms with van der Waals surface area (Å²) in [7, 11) is 0. The molecule has 1 aromatic heterocycles. The lowest BCUT2D eigenvalue weighted by molar-refractivity contribution is 0.109. The van der Waals surface area contributed by atoms with Crippen molar-refractivity contribution >= 4 is 6.21 Å². The van der Waals surface area contributed by atoms with Crippen molar-refractivity contribution in [2.45, 2.75) is 52.1 Å². The van der Waals surface area contributed by atoms with Crippen LogP contribution in [0.25, 0.3) is 0 Å². The first-order valence-corrected chi connectivity index (χ1v) is 6.05. The number of aryl methyl sites for hydroxylation is 1. The molecule has 3 nitrogen and oxygen atoms in total. The normalized spacial score (nSPS) is 26.6. The standard InChI is InChI=1S/C13H20N2O/c1-10-5-4-6-11(2)15(10)14-9-13-8-7-12(3)16-13/h7-11H,4-6H2,1-3H3/b14-9+. The Morgan fingerprint density at radius 1 is 1.31 bits per heavy atom. The van der Waals surface area contributed by atoms with Crippen molar-refractivity contribution in [2.24, 2.45) is 5.10 Å². The lowest BCUT2D eigenvalue weighted by Crippen LogP contribution is -2.39. The van der Waals surface area contributed by atoms with Crippen molar-refractivity contribution in [2.75, 3.05) is 0 Å². The van der Waals surface area contributed by atoms with Gasteiger partial charge >= 0.3 is 0 Å². The molecule has 0 N–H and O–H groups in total. The summed E-state index contributed by atoms with van der Waals surface area (Å²) >= 11 is 0. The number of piperidine rings is 1. The van der Waals surface area contributed by atoms with Crippen LogP contribution in [0.15, 0.2) is 21.7 Å².